The minimum absolute atomic E-state index is 0.0652. The van der Waals surface area contributed by atoms with Gasteiger partial charge in [-0.2, -0.15) is 0 Å². The van der Waals surface area contributed by atoms with E-state index in [-0.39, 0.29) is 18.9 Å². The number of methoxy groups -OCH3 is 1. The van der Waals surface area contributed by atoms with Gasteiger partial charge in [0.05, 0.1) is 25.4 Å². The van der Waals surface area contributed by atoms with Gasteiger partial charge in [-0.3, -0.25) is 14.6 Å². The summed E-state index contributed by atoms with van der Waals surface area (Å²) in [4.78, 5) is 28.0. The highest BCUT2D eigenvalue weighted by Crippen LogP contribution is 2.03. The summed E-state index contributed by atoms with van der Waals surface area (Å²) in [6, 6.07) is 3.36. The molecule has 0 unspecified atom stereocenters. The van der Waals surface area contributed by atoms with E-state index >= 15 is 0 Å². The average Bonchev–Trinajstić information content (AvgIpc) is 2.31. The highest BCUT2D eigenvalue weighted by Gasteiger charge is 2.13. The number of hydrogen-bond acceptors (Lipinski definition) is 5. The van der Waals surface area contributed by atoms with Gasteiger partial charge in [0.2, 0.25) is 5.91 Å². The molecule has 1 amide bonds. The van der Waals surface area contributed by atoms with E-state index in [4.69, 9.17) is 5.73 Å². The van der Waals surface area contributed by atoms with Crippen LogP contribution in [0.1, 0.15) is 5.69 Å². The fourth-order valence-electron chi connectivity index (χ4n) is 1.18. The molecule has 1 rings (SSSR count). The second-order valence-electron chi connectivity index (χ2n) is 3.59. The van der Waals surface area contributed by atoms with E-state index in [1.54, 1.807) is 12.1 Å². The molecular formula is C11H15N3O3. The van der Waals surface area contributed by atoms with Gasteiger partial charge in [-0.25, -0.2) is 0 Å². The molecule has 0 saturated carbocycles. The summed E-state index contributed by atoms with van der Waals surface area (Å²) in [5.41, 5.74) is 6.64. The fraction of sp³-hybridized carbons (Fsp3) is 0.364. The van der Waals surface area contributed by atoms with Crippen LogP contribution in [0.3, 0.4) is 0 Å². The molecule has 6 nitrogen and oxygen atoms in total. The number of aromatic nitrogens is 1. The summed E-state index contributed by atoms with van der Waals surface area (Å²) in [6.45, 7) is -0.0652. The number of hydrogen-bond donors (Lipinski definition) is 1. The van der Waals surface area contributed by atoms with Gasteiger partial charge >= 0.3 is 5.97 Å². The molecule has 0 aliphatic carbocycles. The predicted octanol–water partition coefficient (Wildman–Crippen LogP) is -0.162. The number of amides is 1. The van der Waals surface area contributed by atoms with E-state index in [2.05, 4.69) is 9.72 Å². The van der Waals surface area contributed by atoms with Crippen molar-refractivity contribution in [3.63, 3.8) is 0 Å². The summed E-state index contributed by atoms with van der Waals surface area (Å²) < 4.78 is 4.47. The summed E-state index contributed by atoms with van der Waals surface area (Å²) >= 11 is 0. The number of carbonyl (C=O) groups is 2. The number of rotatable bonds is 4. The highest BCUT2D eigenvalue weighted by atomic mass is 16.5. The number of anilines is 1. The maximum atomic E-state index is 11.7. The number of ether oxygens (including phenoxy) is 1. The van der Waals surface area contributed by atoms with E-state index in [0.717, 1.165) is 0 Å². The van der Waals surface area contributed by atoms with Crippen molar-refractivity contribution in [3.05, 3.63) is 24.0 Å². The standard InChI is InChI=1S/C11H15N3O3/c1-14(7-11(16)17-2)10(15)5-9-4-3-8(12)6-13-9/h3-4,6H,5,7,12H2,1-2H3. The quantitative estimate of drug-likeness (QED) is 0.735. The summed E-state index contributed by atoms with van der Waals surface area (Å²) in [5.74, 6) is -0.654. The van der Waals surface area contributed by atoms with Crippen molar-refractivity contribution >= 4 is 17.6 Å². The fourth-order valence-corrected chi connectivity index (χ4v) is 1.18. The Morgan fingerprint density at radius 3 is 2.71 bits per heavy atom. The van der Waals surface area contributed by atoms with E-state index in [9.17, 15) is 9.59 Å². The Bertz CT molecular complexity index is 403. The number of nitrogen functional groups attached to an aromatic ring is 1. The van der Waals surface area contributed by atoms with Gasteiger partial charge < -0.3 is 15.4 Å². The topological polar surface area (TPSA) is 85.5 Å². The van der Waals surface area contributed by atoms with E-state index in [1.165, 1.54) is 25.3 Å². The molecular weight excluding hydrogens is 222 g/mol. The normalized spacial score (nSPS) is 9.76. The molecule has 17 heavy (non-hydrogen) atoms. The number of likely N-dealkylation sites (N-methyl/N-ethyl adjacent to an activating group) is 1. The molecule has 1 heterocycles. The van der Waals surface area contributed by atoms with Gasteiger partial charge in [-0.1, -0.05) is 0 Å². The van der Waals surface area contributed by atoms with Crippen molar-refractivity contribution in [1.82, 2.24) is 9.88 Å². The molecule has 0 fully saturated rings. The monoisotopic (exact) mass is 237 g/mol. The molecule has 0 aromatic carbocycles. The van der Waals surface area contributed by atoms with Gasteiger partial charge in [0.25, 0.3) is 0 Å². The van der Waals surface area contributed by atoms with Crippen molar-refractivity contribution < 1.29 is 14.3 Å². The molecule has 0 saturated heterocycles. The third kappa shape index (κ3) is 4.10. The van der Waals surface area contributed by atoms with Crippen LogP contribution in [-0.4, -0.2) is 42.5 Å². The van der Waals surface area contributed by atoms with Crippen LogP contribution in [0.15, 0.2) is 18.3 Å². The zero-order chi connectivity index (χ0) is 12.8. The van der Waals surface area contributed by atoms with Gasteiger partial charge in [0.1, 0.15) is 6.54 Å². The van der Waals surface area contributed by atoms with Crippen LogP contribution in [0.25, 0.3) is 0 Å². The number of carbonyl (C=O) groups excluding carboxylic acids is 2. The molecule has 6 heteroatoms. The molecule has 0 aliphatic heterocycles. The largest absolute Gasteiger partial charge is 0.468 e. The average molecular weight is 237 g/mol. The minimum Gasteiger partial charge on any atom is -0.468 e. The zero-order valence-corrected chi connectivity index (χ0v) is 9.84. The first kappa shape index (κ1) is 13.0. The van der Waals surface area contributed by atoms with Gasteiger partial charge in [-0.15, -0.1) is 0 Å². The van der Waals surface area contributed by atoms with Gasteiger partial charge in [0, 0.05) is 12.7 Å². The molecule has 0 radical (unpaired) electrons. The molecule has 1 aromatic heterocycles. The summed E-state index contributed by atoms with van der Waals surface area (Å²) in [7, 11) is 2.82. The maximum absolute atomic E-state index is 11.7. The van der Waals surface area contributed by atoms with E-state index < -0.39 is 5.97 Å². The molecule has 2 N–H and O–H groups in total. The van der Waals surface area contributed by atoms with Crippen LogP contribution in [0, 0.1) is 0 Å². The highest BCUT2D eigenvalue weighted by molar-refractivity contribution is 5.83. The molecule has 0 spiro atoms. The molecule has 0 aliphatic rings. The smallest absolute Gasteiger partial charge is 0.325 e. The molecule has 0 bridgehead atoms. The second kappa shape index (κ2) is 5.83. The lowest BCUT2D eigenvalue weighted by Crippen LogP contribution is -2.33. The first-order chi connectivity index (χ1) is 8.02. The molecule has 0 atom stereocenters. The third-order valence-electron chi connectivity index (χ3n) is 2.20. The molecule has 92 valence electrons. The van der Waals surface area contributed by atoms with Crippen molar-refractivity contribution in [3.8, 4) is 0 Å². The van der Waals surface area contributed by atoms with Crippen molar-refractivity contribution in [2.45, 2.75) is 6.42 Å². The van der Waals surface area contributed by atoms with E-state index in [0.29, 0.717) is 11.4 Å². The zero-order valence-electron chi connectivity index (χ0n) is 9.84. The Labute approximate surface area is 99.4 Å². The lowest BCUT2D eigenvalue weighted by Gasteiger charge is -2.15. The number of pyridine rings is 1. The van der Waals surface area contributed by atoms with Crippen LogP contribution >= 0.6 is 0 Å². The number of esters is 1. The Morgan fingerprint density at radius 2 is 2.18 bits per heavy atom. The summed E-state index contributed by atoms with van der Waals surface area (Å²) in [6.07, 6.45) is 1.62. The Balaban J connectivity index is 2.54. The first-order valence-electron chi connectivity index (χ1n) is 5.04. The number of nitrogens with two attached hydrogens (primary N) is 1. The summed E-state index contributed by atoms with van der Waals surface area (Å²) in [5, 5.41) is 0. The van der Waals surface area contributed by atoms with Crippen LogP contribution in [0.5, 0.6) is 0 Å². The Morgan fingerprint density at radius 1 is 1.47 bits per heavy atom. The minimum atomic E-state index is -0.453. The van der Waals surface area contributed by atoms with E-state index in [1.807, 2.05) is 0 Å². The van der Waals surface area contributed by atoms with Crippen LogP contribution in [0.2, 0.25) is 0 Å². The van der Waals surface area contributed by atoms with Gasteiger partial charge in [-0.05, 0) is 12.1 Å². The maximum Gasteiger partial charge on any atom is 0.325 e. The Hall–Kier alpha value is -2.11. The third-order valence-corrected chi connectivity index (χ3v) is 2.20. The van der Waals surface area contributed by atoms with Crippen LogP contribution in [0.4, 0.5) is 5.69 Å². The van der Waals surface area contributed by atoms with Crippen molar-refractivity contribution in [1.29, 1.82) is 0 Å². The Kier molecular flexibility index (Phi) is 4.45. The number of nitrogens with zero attached hydrogens (tertiary/aromatic N) is 2. The van der Waals surface area contributed by atoms with Gasteiger partial charge in [0.15, 0.2) is 0 Å². The van der Waals surface area contributed by atoms with Crippen LogP contribution < -0.4 is 5.73 Å². The van der Waals surface area contributed by atoms with Crippen molar-refractivity contribution in [2.75, 3.05) is 26.4 Å². The lowest BCUT2D eigenvalue weighted by atomic mass is 10.2. The first-order valence-corrected chi connectivity index (χ1v) is 5.04. The molecule has 1 aromatic rings. The SMILES string of the molecule is COC(=O)CN(C)C(=O)Cc1ccc(N)cn1. The lowest BCUT2D eigenvalue weighted by molar-refractivity contribution is -0.145. The second-order valence-corrected chi connectivity index (χ2v) is 3.59. The predicted molar refractivity (Wildman–Crippen MR) is 62.0 cm³/mol. The van der Waals surface area contributed by atoms with Crippen molar-refractivity contribution in [2.24, 2.45) is 0 Å². The van der Waals surface area contributed by atoms with Crippen LogP contribution in [-0.2, 0) is 20.7 Å².